The second kappa shape index (κ2) is 3.69. The molecule has 0 bridgehead atoms. The zero-order valence-corrected chi connectivity index (χ0v) is 8.37. The van der Waals surface area contributed by atoms with Crippen LogP contribution in [0.5, 0.6) is 0 Å². The van der Waals surface area contributed by atoms with Crippen molar-refractivity contribution in [2.24, 2.45) is 0 Å². The van der Waals surface area contributed by atoms with Crippen LogP contribution in [0.2, 0.25) is 0 Å². The van der Waals surface area contributed by atoms with Crippen molar-refractivity contribution in [3.63, 3.8) is 0 Å². The monoisotopic (exact) mass is 202 g/mol. The van der Waals surface area contributed by atoms with E-state index in [9.17, 15) is 4.39 Å². The molecule has 0 unspecified atom stereocenters. The second-order valence-corrected chi connectivity index (χ2v) is 3.45. The Morgan fingerprint density at radius 1 is 1.27 bits per heavy atom. The average molecular weight is 202 g/mol. The van der Waals surface area contributed by atoms with E-state index in [1.807, 2.05) is 13.0 Å². The highest BCUT2D eigenvalue weighted by Gasteiger charge is 2.06. The number of rotatable bonds is 1. The first-order valence-corrected chi connectivity index (χ1v) is 4.64. The molecule has 2 aromatic rings. The lowest BCUT2D eigenvalue weighted by Gasteiger charge is -2.06. The highest BCUT2D eigenvalue weighted by Crippen LogP contribution is 2.27. The van der Waals surface area contributed by atoms with E-state index in [1.165, 1.54) is 6.07 Å². The molecule has 0 aliphatic carbocycles. The number of para-hydroxylation sites is 1. The van der Waals surface area contributed by atoms with Crippen LogP contribution < -0.4 is 5.73 Å². The summed E-state index contributed by atoms with van der Waals surface area (Å²) in [6.45, 7) is 1.94. The zero-order chi connectivity index (χ0) is 10.8. The van der Waals surface area contributed by atoms with Gasteiger partial charge in [0.05, 0.1) is 5.69 Å². The number of benzene rings is 1. The quantitative estimate of drug-likeness (QED) is 0.722. The fourth-order valence-corrected chi connectivity index (χ4v) is 1.49. The molecule has 1 aromatic carbocycles. The molecular formula is C12H11FN2. The standard InChI is InChI=1S/C12H11FN2/c1-8-5-9(7-15-6-8)10-3-2-4-11(13)12(10)14/h2-7H,14H2,1H3. The summed E-state index contributed by atoms with van der Waals surface area (Å²) in [5.41, 5.74) is 8.38. The highest BCUT2D eigenvalue weighted by molar-refractivity contribution is 5.76. The first-order chi connectivity index (χ1) is 7.18. The lowest BCUT2D eigenvalue weighted by atomic mass is 10.0. The summed E-state index contributed by atoms with van der Waals surface area (Å²) in [6.07, 6.45) is 3.43. The minimum absolute atomic E-state index is 0.171. The Labute approximate surface area is 87.6 Å². The van der Waals surface area contributed by atoms with Crippen molar-refractivity contribution in [1.29, 1.82) is 0 Å². The summed E-state index contributed by atoms with van der Waals surface area (Å²) in [6, 6.07) is 6.71. The van der Waals surface area contributed by atoms with Crippen molar-refractivity contribution in [3.8, 4) is 11.1 Å². The molecule has 1 aromatic heterocycles. The van der Waals surface area contributed by atoms with Gasteiger partial charge in [0.2, 0.25) is 0 Å². The number of pyridine rings is 1. The molecule has 0 aliphatic heterocycles. The van der Waals surface area contributed by atoms with Gasteiger partial charge in [-0.15, -0.1) is 0 Å². The number of aromatic nitrogens is 1. The van der Waals surface area contributed by atoms with Gasteiger partial charge < -0.3 is 5.73 Å². The molecule has 15 heavy (non-hydrogen) atoms. The molecule has 0 saturated carbocycles. The average Bonchev–Trinajstić information content (AvgIpc) is 2.22. The van der Waals surface area contributed by atoms with E-state index in [2.05, 4.69) is 4.98 Å². The molecule has 0 atom stereocenters. The molecule has 1 heterocycles. The van der Waals surface area contributed by atoms with Crippen molar-refractivity contribution >= 4 is 5.69 Å². The SMILES string of the molecule is Cc1cncc(-c2cccc(F)c2N)c1. The summed E-state index contributed by atoms with van der Waals surface area (Å²) < 4.78 is 13.2. The van der Waals surface area contributed by atoms with Crippen LogP contribution in [0.4, 0.5) is 10.1 Å². The number of halogens is 1. The maximum Gasteiger partial charge on any atom is 0.146 e. The van der Waals surface area contributed by atoms with Crippen LogP contribution >= 0.6 is 0 Å². The Kier molecular flexibility index (Phi) is 2.37. The Bertz CT molecular complexity index is 495. The number of nitrogen functional groups attached to an aromatic ring is 1. The predicted molar refractivity (Wildman–Crippen MR) is 58.8 cm³/mol. The molecule has 0 aliphatic rings. The molecular weight excluding hydrogens is 191 g/mol. The molecule has 2 N–H and O–H groups in total. The van der Waals surface area contributed by atoms with Crippen molar-refractivity contribution in [1.82, 2.24) is 4.98 Å². The van der Waals surface area contributed by atoms with E-state index in [4.69, 9.17) is 5.73 Å². The number of nitrogens with zero attached hydrogens (tertiary/aromatic N) is 1. The van der Waals surface area contributed by atoms with Gasteiger partial charge in [0.1, 0.15) is 5.82 Å². The van der Waals surface area contributed by atoms with Crippen LogP contribution in [0, 0.1) is 12.7 Å². The first-order valence-electron chi connectivity index (χ1n) is 4.64. The van der Waals surface area contributed by atoms with Gasteiger partial charge in [-0.05, 0) is 24.6 Å². The molecule has 2 rings (SSSR count). The number of hydrogen-bond donors (Lipinski definition) is 1. The minimum Gasteiger partial charge on any atom is -0.396 e. The Hall–Kier alpha value is -1.90. The van der Waals surface area contributed by atoms with Crippen LogP contribution in [0.3, 0.4) is 0 Å². The van der Waals surface area contributed by atoms with Crippen LogP contribution in [-0.4, -0.2) is 4.98 Å². The largest absolute Gasteiger partial charge is 0.396 e. The summed E-state index contributed by atoms with van der Waals surface area (Å²) in [5.74, 6) is -0.394. The van der Waals surface area contributed by atoms with Gasteiger partial charge in [-0.2, -0.15) is 0 Å². The third-order valence-electron chi connectivity index (χ3n) is 2.24. The minimum atomic E-state index is -0.394. The zero-order valence-electron chi connectivity index (χ0n) is 8.37. The van der Waals surface area contributed by atoms with Crippen LogP contribution in [0.15, 0.2) is 36.7 Å². The van der Waals surface area contributed by atoms with Gasteiger partial charge in [-0.25, -0.2) is 4.39 Å². The highest BCUT2D eigenvalue weighted by atomic mass is 19.1. The Morgan fingerprint density at radius 2 is 2.07 bits per heavy atom. The molecule has 0 saturated heterocycles. The second-order valence-electron chi connectivity index (χ2n) is 3.45. The van der Waals surface area contributed by atoms with Gasteiger partial charge >= 0.3 is 0 Å². The molecule has 76 valence electrons. The summed E-state index contributed by atoms with van der Waals surface area (Å²) in [5, 5.41) is 0. The third-order valence-corrected chi connectivity index (χ3v) is 2.24. The smallest absolute Gasteiger partial charge is 0.146 e. The number of anilines is 1. The van der Waals surface area contributed by atoms with Gasteiger partial charge in [0.15, 0.2) is 0 Å². The molecule has 0 amide bonds. The van der Waals surface area contributed by atoms with Crippen LogP contribution in [0.25, 0.3) is 11.1 Å². The van der Waals surface area contributed by atoms with E-state index in [-0.39, 0.29) is 5.69 Å². The summed E-state index contributed by atoms with van der Waals surface area (Å²) in [7, 11) is 0. The molecule has 3 heteroatoms. The normalized spacial score (nSPS) is 10.3. The molecule has 2 nitrogen and oxygen atoms in total. The number of aryl methyl sites for hydroxylation is 1. The summed E-state index contributed by atoms with van der Waals surface area (Å²) in [4.78, 5) is 4.05. The fourth-order valence-electron chi connectivity index (χ4n) is 1.49. The van der Waals surface area contributed by atoms with Gasteiger partial charge in [0.25, 0.3) is 0 Å². The van der Waals surface area contributed by atoms with Crippen LogP contribution in [-0.2, 0) is 0 Å². The molecule has 0 radical (unpaired) electrons. The van der Waals surface area contributed by atoms with E-state index in [0.29, 0.717) is 5.56 Å². The molecule has 0 fully saturated rings. The predicted octanol–water partition coefficient (Wildman–Crippen LogP) is 2.78. The summed E-state index contributed by atoms with van der Waals surface area (Å²) >= 11 is 0. The number of nitrogens with two attached hydrogens (primary N) is 1. The Balaban J connectivity index is 2.59. The molecule has 0 spiro atoms. The van der Waals surface area contributed by atoms with E-state index < -0.39 is 5.82 Å². The van der Waals surface area contributed by atoms with Gasteiger partial charge in [-0.1, -0.05) is 12.1 Å². The van der Waals surface area contributed by atoms with Gasteiger partial charge in [-0.3, -0.25) is 4.98 Å². The lowest BCUT2D eigenvalue weighted by Crippen LogP contribution is -1.94. The number of hydrogen-bond acceptors (Lipinski definition) is 2. The third kappa shape index (κ3) is 1.81. The van der Waals surface area contributed by atoms with Crippen molar-refractivity contribution in [3.05, 3.63) is 48.0 Å². The van der Waals surface area contributed by atoms with E-state index in [1.54, 1.807) is 24.5 Å². The van der Waals surface area contributed by atoms with Crippen LogP contribution in [0.1, 0.15) is 5.56 Å². The van der Waals surface area contributed by atoms with E-state index in [0.717, 1.165) is 11.1 Å². The van der Waals surface area contributed by atoms with Crippen molar-refractivity contribution in [2.45, 2.75) is 6.92 Å². The van der Waals surface area contributed by atoms with E-state index >= 15 is 0 Å². The fraction of sp³-hybridized carbons (Fsp3) is 0.0833. The van der Waals surface area contributed by atoms with Gasteiger partial charge in [0, 0.05) is 23.5 Å². The Morgan fingerprint density at radius 3 is 2.80 bits per heavy atom. The lowest BCUT2D eigenvalue weighted by molar-refractivity contribution is 0.633. The topological polar surface area (TPSA) is 38.9 Å². The maximum atomic E-state index is 13.2. The van der Waals surface area contributed by atoms with Crippen molar-refractivity contribution in [2.75, 3.05) is 5.73 Å². The first kappa shape index (κ1) is 9.65. The van der Waals surface area contributed by atoms with Crippen molar-refractivity contribution < 1.29 is 4.39 Å². The maximum absolute atomic E-state index is 13.2.